The average molecular weight is 388 g/mol. The normalized spacial score (nSPS) is 22.4. The van der Waals surface area contributed by atoms with Crippen molar-refractivity contribution in [3.05, 3.63) is 24.3 Å². The number of benzene rings is 1. The zero-order valence-corrected chi connectivity index (χ0v) is 16.4. The zero-order chi connectivity index (χ0) is 18.7. The van der Waals surface area contributed by atoms with E-state index in [1.165, 1.54) is 31.0 Å². The second kappa shape index (κ2) is 7.97. The molecule has 25 heavy (non-hydrogen) atoms. The Morgan fingerprint density at radius 2 is 1.88 bits per heavy atom. The van der Waals surface area contributed by atoms with Crippen LogP contribution in [0.5, 0.6) is 5.75 Å². The van der Waals surface area contributed by atoms with Crippen LogP contribution in [0.3, 0.4) is 0 Å². The van der Waals surface area contributed by atoms with E-state index in [9.17, 15) is 18.3 Å². The van der Waals surface area contributed by atoms with E-state index >= 15 is 0 Å². The summed E-state index contributed by atoms with van der Waals surface area (Å²) in [6, 6.07) is 4.93. The van der Waals surface area contributed by atoms with E-state index in [0.717, 1.165) is 22.9 Å². The summed E-state index contributed by atoms with van der Waals surface area (Å²) in [5.74, 6) is 0.262. The van der Waals surface area contributed by atoms with Gasteiger partial charge in [0.15, 0.2) is 0 Å². The number of carboxylic acids is 1. The van der Waals surface area contributed by atoms with Crippen LogP contribution in [0.4, 0.5) is 0 Å². The molecular formula is C17H25NO5S2. The molecule has 0 amide bonds. The Bertz CT molecular complexity index is 700. The third kappa shape index (κ3) is 4.48. The van der Waals surface area contributed by atoms with Crippen LogP contribution in [-0.2, 0) is 14.8 Å². The highest BCUT2D eigenvalue weighted by Crippen LogP contribution is 2.36. The highest BCUT2D eigenvalue weighted by Gasteiger charge is 2.45. The lowest BCUT2D eigenvalue weighted by Crippen LogP contribution is -2.55. The highest BCUT2D eigenvalue weighted by atomic mass is 32.2. The number of ether oxygens (including phenoxy) is 1. The van der Waals surface area contributed by atoms with Crippen LogP contribution in [-0.4, -0.2) is 54.0 Å². The predicted octanol–water partition coefficient (Wildman–Crippen LogP) is 2.83. The van der Waals surface area contributed by atoms with E-state index in [4.69, 9.17) is 4.74 Å². The summed E-state index contributed by atoms with van der Waals surface area (Å²) in [6.07, 6.45) is 2.48. The first-order valence-corrected chi connectivity index (χ1v) is 10.7. The molecule has 2 rings (SSSR count). The fourth-order valence-electron chi connectivity index (χ4n) is 3.00. The summed E-state index contributed by atoms with van der Waals surface area (Å²) in [7, 11) is -2.42. The maximum Gasteiger partial charge on any atom is 0.323 e. The number of nitrogens with zero attached hydrogens (tertiary/aromatic N) is 1. The van der Waals surface area contributed by atoms with Gasteiger partial charge in [-0.1, -0.05) is 6.42 Å². The van der Waals surface area contributed by atoms with Crippen molar-refractivity contribution in [1.82, 2.24) is 4.31 Å². The van der Waals surface area contributed by atoms with Crippen LogP contribution in [0.15, 0.2) is 29.2 Å². The van der Waals surface area contributed by atoms with Crippen molar-refractivity contribution in [2.24, 2.45) is 0 Å². The fraction of sp³-hybridized carbons (Fsp3) is 0.588. The largest absolute Gasteiger partial charge is 0.497 e. The third-order valence-electron chi connectivity index (χ3n) is 4.34. The van der Waals surface area contributed by atoms with Gasteiger partial charge in [-0.2, -0.15) is 16.1 Å². The lowest BCUT2D eigenvalue weighted by Gasteiger charge is -2.37. The van der Waals surface area contributed by atoms with Gasteiger partial charge in [-0.25, -0.2) is 8.42 Å². The van der Waals surface area contributed by atoms with Gasteiger partial charge in [0.2, 0.25) is 10.0 Å². The Kier molecular flexibility index (Phi) is 6.40. The molecule has 1 fully saturated rings. The lowest BCUT2D eigenvalue weighted by atomic mass is 10.0. The molecule has 1 atom stereocenters. The zero-order valence-electron chi connectivity index (χ0n) is 14.8. The summed E-state index contributed by atoms with van der Waals surface area (Å²) in [5, 5.41) is 9.81. The van der Waals surface area contributed by atoms with Gasteiger partial charge in [-0.3, -0.25) is 4.79 Å². The molecule has 1 aromatic rings. The number of hydrogen-bond acceptors (Lipinski definition) is 5. The third-order valence-corrected chi connectivity index (χ3v) is 7.68. The quantitative estimate of drug-likeness (QED) is 0.855. The molecule has 1 aliphatic rings. The Labute approximate surface area is 153 Å². The van der Waals surface area contributed by atoms with Crippen molar-refractivity contribution in [1.29, 1.82) is 0 Å². The Balaban J connectivity index is 2.49. The summed E-state index contributed by atoms with van der Waals surface area (Å²) >= 11 is 1.52. The van der Waals surface area contributed by atoms with Gasteiger partial charge in [0, 0.05) is 11.3 Å². The molecule has 1 unspecified atom stereocenters. The van der Waals surface area contributed by atoms with E-state index in [0.29, 0.717) is 12.2 Å². The molecule has 140 valence electrons. The molecule has 0 radical (unpaired) electrons. The first-order chi connectivity index (χ1) is 11.7. The lowest BCUT2D eigenvalue weighted by molar-refractivity contribution is -0.142. The van der Waals surface area contributed by atoms with Crippen LogP contribution in [0.1, 0.15) is 33.1 Å². The van der Waals surface area contributed by atoms with E-state index in [1.54, 1.807) is 26.0 Å². The van der Waals surface area contributed by atoms with Gasteiger partial charge in [-0.15, -0.1) is 0 Å². The minimum absolute atomic E-state index is 0.0830. The monoisotopic (exact) mass is 387 g/mol. The minimum Gasteiger partial charge on any atom is -0.497 e. The molecule has 1 heterocycles. The predicted molar refractivity (Wildman–Crippen MR) is 98.7 cm³/mol. The Hall–Kier alpha value is -1.25. The number of aliphatic carboxylic acids is 1. The van der Waals surface area contributed by atoms with E-state index in [-0.39, 0.29) is 11.4 Å². The van der Waals surface area contributed by atoms with Crippen molar-refractivity contribution in [3.63, 3.8) is 0 Å². The molecule has 0 saturated carbocycles. The van der Waals surface area contributed by atoms with Crippen molar-refractivity contribution in [2.75, 3.05) is 19.4 Å². The molecule has 1 aromatic carbocycles. The minimum atomic E-state index is -3.92. The number of thioether (sulfide) groups is 1. The molecule has 0 aliphatic carbocycles. The number of carbonyl (C=O) groups is 1. The summed E-state index contributed by atoms with van der Waals surface area (Å²) in [6.45, 7) is 3.81. The SMILES string of the molecule is COc1ccc(S(=O)(=O)N2CCCCCSC(C)(C)C2C(=O)O)cc1. The van der Waals surface area contributed by atoms with Crippen molar-refractivity contribution < 1.29 is 23.1 Å². The average Bonchev–Trinajstić information content (AvgIpc) is 2.63. The molecule has 0 bridgehead atoms. The van der Waals surface area contributed by atoms with Crippen LogP contribution >= 0.6 is 11.8 Å². The molecular weight excluding hydrogens is 362 g/mol. The number of methoxy groups -OCH3 is 1. The first-order valence-electron chi connectivity index (χ1n) is 8.23. The topological polar surface area (TPSA) is 83.9 Å². The molecule has 8 heteroatoms. The standard InChI is InChI=1S/C17H25NO5S2/c1-17(2)15(16(19)20)18(11-5-4-6-12-24-17)25(21,22)14-9-7-13(23-3)8-10-14/h7-10,15H,4-6,11-12H2,1-3H3,(H,19,20). The Morgan fingerprint density at radius 3 is 2.44 bits per heavy atom. The number of hydrogen-bond donors (Lipinski definition) is 1. The van der Waals surface area contributed by atoms with Crippen molar-refractivity contribution >= 4 is 27.8 Å². The van der Waals surface area contributed by atoms with Gasteiger partial charge < -0.3 is 9.84 Å². The number of rotatable bonds is 4. The van der Waals surface area contributed by atoms with Gasteiger partial charge in [0.25, 0.3) is 0 Å². The summed E-state index contributed by atoms with van der Waals surface area (Å²) in [4.78, 5) is 12.1. The molecule has 1 saturated heterocycles. The Morgan fingerprint density at radius 1 is 1.24 bits per heavy atom. The van der Waals surface area contributed by atoms with Gasteiger partial charge in [0.1, 0.15) is 11.8 Å². The molecule has 6 nitrogen and oxygen atoms in total. The summed E-state index contributed by atoms with van der Waals surface area (Å²) in [5.41, 5.74) is 0. The maximum absolute atomic E-state index is 13.2. The molecule has 1 N–H and O–H groups in total. The van der Waals surface area contributed by atoms with E-state index in [1.807, 2.05) is 0 Å². The van der Waals surface area contributed by atoms with Crippen LogP contribution in [0.2, 0.25) is 0 Å². The fourth-order valence-corrected chi connectivity index (χ4v) is 6.08. The van der Waals surface area contributed by atoms with Crippen molar-refractivity contribution in [3.8, 4) is 5.75 Å². The van der Waals surface area contributed by atoms with Gasteiger partial charge in [0.05, 0.1) is 12.0 Å². The first kappa shape index (κ1) is 20.1. The van der Waals surface area contributed by atoms with Crippen LogP contribution in [0.25, 0.3) is 0 Å². The van der Waals surface area contributed by atoms with Crippen LogP contribution < -0.4 is 4.74 Å². The van der Waals surface area contributed by atoms with Gasteiger partial charge in [-0.05, 0) is 56.7 Å². The second-order valence-corrected chi connectivity index (χ2v) is 10.2. The number of carboxylic acid groups (broad SMARTS) is 1. The highest BCUT2D eigenvalue weighted by molar-refractivity contribution is 8.00. The van der Waals surface area contributed by atoms with Crippen LogP contribution in [0, 0.1) is 0 Å². The molecule has 0 aromatic heterocycles. The molecule has 0 spiro atoms. The molecule has 1 aliphatic heterocycles. The number of sulfonamides is 1. The van der Waals surface area contributed by atoms with E-state index < -0.39 is 26.8 Å². The van der Waals surface area contributed by atoms with Crippen molar-refractivity contribution in [2.45, 2.75) is 48.8 Å². The van der Waals surface area contributed by atoms with Gasteiger partial charge >= 0.3 is 5.97 Å². The second-order valence-electron chi connectivity index (χ2n) is 6.54. The maximum atomic E-state index is 13.2. The summed E-state index contributed by atoms with van der Waals surface area (Å²) < 4.78 is 31.9. The smallest absolute Gasteiger partial charge is 0.323 e. The van der Waals surface area contributed by atoms with E-state index in [2.05, 4.69) is 0 Å².